The Balaban J connectivity index is 2.30. The molecule has 0 bridgehead atoms. The highest BCUT2D eigenvalue weighted by Crippen LogP contribution is 2.28. The highest BCUT2D eigenvalue weighted by atomic mass is 16.6. The zero-order valence-electron chi connectivity index (χ0n) is 11.4. The molecule has 21 heavy (non-hydrogen) atoms. The first kappa shape index (κ1) is 15.2. The summed E-state index contributed by atoms with van der Waals surface area (Å²) in [6.45, 7) is 0.644. The molecule has 1 aliphatic heterocycles. The van der Waals surface area contributed by atoms with Gasteiger partial charge in [-0.1, -0.05) is 0 Å². The van der Waals surface area contributed by atoms with Crippen LogP contribution < -0.4 is 5.32 Å². The fourth-order valence-corrected chi connectivity index (χ4v) is 2.19. The molecular weight excluding hydrogens is 280 g/mol. The van der Waals surface area contributed by atoms with Gasteiger partial charge in [0.05, 0.1) is 43.5 Å². The van der Waals surface area contributed by atoms with E-state index in [0.717, 1.165) is 0 Å². The number of esters is 1. The third-order valence-corrected chi connectivity index (χ3v) is 3.39. The lowest BCUT2D eigenvalue weighted by atomic mass is 10.0. The maximum absolute atomic E-state index is 11.5. The standard InChI is InChI=1S/C13H16N2O6/c1-20-13(17)8-2-3-12(15(18)19)10(4-8)14-11-7-21-6-9(11)5-16/h2-4,9,11,14,16H,5-7H2,1H3/t9-,11+/m1/s1. The Morgan fingerprint density at radius 2 is 2.33 bits per heavy atom. The molecule has 0 aliphatic carbocycles. The quantitative estimate of drug-likeness (QED) is 0.469. The van der Waals surface area contributed by atoms with Gasteiger partial charge >= 0.3 is 5.97 Å². The third kappa shape index (κ3) is 3.29. The van der Waals surface area contributed by atoms with Crippen molar-refractivity contribution in [2.45, 2.75) is 6.04 Å². The van der Waals surface area contributed by atoms with E-state index in [0.29, 0.717) is 13.2 Å². The number of methoxy groups -OCH3 is 1. The zero-order valence-corrected chi connectivity index (χ0v) is 11.4. The fraction of sp³-hybridized carbons (Fsp3) is 0.462. The van der Waals surface area contributed by atoms with Crippen LogP contribution >= 0.6 is 0 Å². The van der Waals surface area contributed by atoms with Crippen molar-refractivity contribution >= 4 is 17.3 Å². The number of anilines is 1. The molecule has 0 unspecified atom stereocenters. The summed E-state index contributed by atoms with van der Waals surface area (Å²) in [6, 6.07) is 3.71. The molecule has 8 heteroatoms. The average molecular weight is 296 g/mol. The lowest BCUT2D eigenvalue weighted by molar-refractivity contribution is -0.384. The number of benzene rings is 1. The molecule has 8 nitrogen and oxygen atoms in total. The van der Waals surface area contributed by atoms with Gasteiger partial charge in [0.2, 0.25) is 0 Å². The van der Waals surface area contributed by atoms with Crippen LogP contribution in [0.3, 0.4) is 0 Å². The summed E-state index contributed by atoms with van der Waals surface area (Å²) >= 11 is 0. The van der Waals surface area contributed by atoms with Gasteiger partial charge in [-0.15, -0.1) is 0 Å². The van der Waals surface area contributed by atoms with E-state index in [1.807, 2.05) is 0 Å². The summed E-state index contributed by atoms with van der Waals surface area (Å²) in [5.41, 5.74) is 0.271. The molecule has 0 aromatic heterocycles. The van der Waals surface area contributed by atoms with E-state index >= 15 is 0 Å². The topological polar surface area (TPSA) is 111 Å². The molecule has 2 N–H and O–H groups in total. The maximum Gasteiger partial charge on any atom is 0.337 e. The van der Waals surface area contributed by atoms with E-state index in [2.05, 4.69) is 10.1 Å². The minimum absolute atomic E-state index is 0.0812. The molecule has 1 aromatic carbocycles. The molecule has 1 saturated heterocycles. The molecular formula is C13H16N2O6. The number of hydrogen-bond donors (Lipinski definition) is 2. The highest BCUT2D eigenvalue weighted by Gasteiger charge is 2.29. The maximum atomic E-state index is 11.5. The molecule has 0 spiro atoms. The predicted molar refractivity (Wildman–Crippen MR) is 73.2 cm³/mol. The van der Waals surface area contributed by atoms with Gasteiger partial charge in [-0.2, -0.15) is 0 Å². The minimum atomic E-state index is -0.575. The molecule has 1 fully saturated rings. The van der Waals surface area contributed by atoms with E-state index in [-0.39, 0.29) is 35.5 Å². The number of nitro groups is 1. The number of ether oxygens (including phenoxy) is 2. The van der Waals surface area contributed by atoms with E-state index in [1.54, 1.807) is 0 Å². The van der Waals surface area contributed by atoms with Gasteiger partial charge in [-0.3, -0.25) is 10.1 Å². The van der Waals surface area contributed by atoms with E-state index in [1.165, 1.54) is 25.3 Å². The number of rotatable bonds is 5. The van der Waals surface area contributed by atoms with Crippen LogP contribution in [0.2, 0.25) is 0 Å². The summed E-state index contributed by atoms with van der Waals surface area (Å²) in [7, 11) is 1.24. The second kappa shape index (κ2) is 6.51. The lowest BCUT2D eigenvalue weighted by Gasteiger charge is -2.18. The number of carbonyl (C=O) groups is 1. The average Bonchev–Trinajstić information content (AvgIpc) is 2.93. The SMILES string of the molecule is COC(=O)c1ccc([N+](=O)[O-])c(N[C@H]2COC[C@H]2CO)c1. The zero-order chi connectivity index (χ0) is 15.4. The Labute approximate surface area is 120 Å². The number of hydrogen-bond acceptors (Lipinski definition) is 7. The van der Waals surface area contributed by atoms with Gasteiger partial charge < -0.3 is 19.9 Å². The van der Waals surface area contributed by atoms with Crippen molar-refractivity contribution in [3.63, 3.8) is 0 Å². The van der Waals surface area contributed by atoms with Crippen molar-refractivity contribution < 1.29 is 24.3 Å². The normalized spacial score (nSPS) is 21.0. The molecule has 2 rings (SSSR count). The molecule has 0 radical (unpaired) electrons. The lowest BCUT2D eigenvalue weighted by Crippen LogP contribution is -2.30. The van der Waals surface area contributed by atoms with Crippen LogP contribution in [0, 0.1) is 16.0 Å². The number of nitrogens with one attached hydrogen (secondary N) is 1. The number of nitrogens with zero attached hydrogens (tertiary/aromatic N) is 1. The van der Waals surface area contributed by atoms with E-state index in [4.69, 9.17) is 4.74 Å². The Morgan fingerprint density at radius 1 is 1.57 bits per heavy atom. The minimum Gasteiger partial charge on any atom is -0.465 e. The van der Waals surface area contributed by atoms with Crippen LogP contribution in [0.15, 0.2) is 18.2 Å². The van der Waals surface area contributed by atoms with E-state index < -0.39 is 10.9 Å². The van der Waals surface area contributed by atoms with Crippen LogP contribution in [-0.4, -0.2) is 49.0 Å². The van der Waals surface area contributed by atoms with Crippen molar-refractivity contribution in [2.75, 3.05) is 32.2 Å². The van der Waals surface area contributed by atoms with Crippen LogP contribution in [0.25, 0.3) is 0 Å². The number of carbonyl (C=O) groups excluding carboxylic acids is 1. The van der Waals surface area contributed by atoms with Crippen LogP contribution in [0.4, 0.5) is 11.4 Å². The van der Waals surface area contributed by atoms with E-state index in [9.17, 15) is 20.0 Å². The summed E-state index contributed by atoms with van der Waals surface area (Å²) in [6.07, 6.45) is 0. The summed E-state index contributed by atoms with van der Waals surface area (Å²) in [4.78, 5) is 22.1. The van der Waals surface area contributed by atoms with Crippen LogP contribution in [0.1, 0.15) is 10.4 Å². The van der Waals surface area contributed by atoms with Crippen molar-refractivity contribution in [1.29, 1.82) is 0 Å². The number of aliphatic hydroxyl groups excluding tert-OH is 1. The molecule has 0 saturated carbocycles. The van der Waals surface area contributed by atoms with Crippen LogP contribution in [-0.2, 0) is 9.47 Å². The van der Waals surface area contributed by atoms with Crippen molar-refractivity contribution in [2.24, 2.45) is 5.92 Å². The Hall–Kier alpha value is -2.19. The summed E-state index contributed by atoms with van der Waals surface area (Å²) in [5.74, 6) is -0.722. The second-order valence-corrected chi connectivity index (χ2v) is 4.71. The third-order valence-electron chi connectivity index (χ3n) is 3.39. The molecule has 1 aromatic rings. The van der Waals surface area contributed by atoms with Crippen molar-refractivity contribution in [3.8, 4) is 0 Å². The van der Waals surface area contributed by atoms with Crippen LogP contribution in [0.5, 0.6) is 0 Å². The molecule has 2 atom stereocenters. The van der Waals surface area contributed by atoms with Crippen molar-refractivity contribution in [3.05, 3.63) is 33.9 Å². The van der Waals surface area contributed by atoms with Crippen molar-refractivity contribution in [1.82, 2.24) is 0 Å². The monoisotopic (exact) mass is 296 g/mol. The Bertz CT molecular complexity index is 547. The number of nitro benzene ring substituents is 1. The summed E-state index contributed by atoms with van der Waals surface area (Å²) < 4.78 is 9.85. The Morgan fingerprint density at radius 3 is 2.95 bits per heavy atom. The molecule has 0 amide bonds. The smallest absolute Gasteiger partial charge is 0.337 e. The molecule has 114 valence electrons. The molecule has 1 aliphatic rings. The van der Waals surface area contributed by atoms with Gasteiger partial charge in [-0.25, -0.2) is 4.79 Å². The van der Waals surface area contributed by atoms with Gasteiger partial charge in [-0.05, 0) is 12.1 Å². The van der Waals surface area contributed by atoms with Gasteiger partial charge in [0.15, 0.2) is 0 Å². The largest absolute Gasteiger partial charge is 0.465 e. The van der Waals surface area contributed by atoms with Gasteiger partial charge in [0, 0.05) is 12.0 Å². The van der Waals surface area contributed by atoms with Gasteiger partial charge in [0.25, 0.3) is 5.69 Å². The number of aliphatic hydroxyl groups is 1. The first-order valence-electron chi connectivity index (χ1n) is 6.38. The van der Waals surface area contributed by atoms with Gasteiger partial charge in [0.1, 0.15) is 5.69 Å². The fourth-order valence-electron chi connectivity index (χ4n) is 2.19. The summed E-state index contributed by atoms with van der Waals surface area (Å²) in [5, 5.41) is 23.3. The first-order chi connectivity index (χ1) is 10.1. The molecule has 1 heterocycles. The second-order valence-electron chi connectivity index (χ2n) is 4.71. The Kier molecular flexibility index (Phi) is 4.71. The predicted octanol–water partition coefficient (Wildman–Crippen LogP) is 0.801. The highest BCUT2D eigenvalue weighted by molar-refractivity contribution is 5.91. The first-order valence-corrected chi connectivity index (χ1v) is 6.38.